The van der Waals surface area contributed by atoms with E-state index in [2.05, 4.69) is 28.6 Å². The quantitative estimate of drug-likeness (QED) is 0.392. The van der Waals surface area contributed by atoms with E-state index in [1.54, 1.807) is 43.7 Å². The van der Waals surface area contributed by atoms with Gasteiger partial charge in [0.1, 0.15) is 11.9 Å². The highest BCUT2D eigenvalue weighted by Crippen LogP contribution is 2.21. The van der Waals surface area contributed by atoms with Crippen LogP contribution >= 0.6 is 0 Å². The second-order valence-electron chi connectivity index (χ2n) is 8.67. The average molecular weight is 478 g/mol. The van der Waals surface area contributed by atoms with Crippen LogP contribution in [-0.4, -0.2) is 22.0 Å². The maximum atomic E-state index is 13.3. The summed E-state index contributed by atoms with van der Waals surface area (Å²) in [5.41, 5.74) is 4.01. The zero-order valence-electron chi connectivity index (χ0n) is 20.2. The third kappa shape index (κ3) is 5.93. The molecular formula is C29H27N5O2. The number of aryl methyl sites for hydroxylation is 1. The third-order valence-corrected chi connectivity index (χ3v) is 6.08. The summed E-state index contributed by atoms with van der Waals surface area (Å²) in [6.07, 6.45) is 3.35. The van der Waals surface area contributed by atoms with Crippen molar-refractivity contribution in [1.29, 1.82) is 5.26 Å². The minimum atomic E-state index is -0.578. The van der Waals surface area contributed by atoms with Crippen molar-refractivity contribution in [3.05, 3.63) is 118 Å². The van der Waals surface area contributed by atoms with Gasteiger partial charge in [0, 0.05) is 37.6 Å². The fourth-order valence-corrected chi connectivity index (χ4v) is 3.87. The molecule has 0 bridgehead atoms. The molecule has 2 aromatic heterocycles. The Morgan fingerprint density at radius 2 is 1.75 bits per heavy atom. The summed E-state index contributed by atoms with van der Waals surface area (Å²) in [7, 11) is 1.70. The van der Waals surface area contributed by atoms with Crippen molar-refractivity contribution in [2.75, 3.05) is 11.9 Å². The van der Waals surface area contributed by atoms with Crippen LogP contribution in [0.1, 0.15) is 35.6 Å². The molecule has 7 heteroatoms. The molecule has 0 fully saturated rings. The molecule has 0 spiro atoms. The normalized spacial score (nSPS) is 12.4. The number of hydrogen-bond acceptors (Lipinski definition) is 5. The Kier molecular flexibility index (Phi) is 7.69. The van der Waals surface area contributed by atoms with Crippen LogP contribution in [0.25, 0.3) is 11.1 Å². The number of pyridine rings is 2. The summed E-state index contributed by atoms with van der Waals surface area (Å²) >= 11 is 0. The maximum absolute atomic E-state index is 13.3. The number of aromatic nitrogens is 2. The van der Waals surface area contributed by atoms with Gasteiger partial charge in [0.2, 0.25) is 5.91 Å². The van der Waals surface area contributed by atoms with Gasteiger partial charge in [0.25, 0.3) is 5.56 Å². The number of hydrogen-bond donors (Lipinski definition) is 2. The number of amides is 1. The number of carbonyl (C=O) groups excluding carboxylic acids is 1. The molecular weight excluding hydrogens is 450 g/mol. The zero-order chi connectivity index (χ0) is 25.5. The highest BCUT2D eigenvalue weighted by Gasteiger charge is 2.21. The third-order valence-electron chi connectivity index (χ3n) is 6.08. The fourth-order valence-electron chi connectivity index (χ4n) is 3.87. The van der Waals surface area contributed by atoms with Crippen molar-refractivity contribution < 1.29 is 4.79 Å². The predicted octanol–water partition coefficient (Wildman–Crippen LogP) is 4.39. The van der Waals surface area contributed by atoms with E-state index in [9.17, 15) is 9.59 Å². The first-order valence-corrected chi connectivity index (χ1v) is 11.7. The summed E-state index contributed by atoms with van der Waals surface area (Å²) in [5.74, 6) is 0.338. The molecule has 0 unspecified atom stereocenters. The van der Waals surface area contributed by atoms with Crippen molar-refractivity contribution in [2.24, 2.45) is 7.05 Å². The fraction of sp³-hybridized carbons (Fsp3) is 0.172. The van der Waals surface area contributed by atoms with Crippen molar-refractivity contribution in [3.8, 4) is 17.2 Å². The zero-order valence-corrected chi connectivity index (χ0v) is 20.2. The smallest absolute Gasteiger partial charge is 0.250 e. The van der Waals surface area contributed by atoms with Gasteiger partial charge in [-0.05, 0) is 52.9 Å². The number of benzene rings is 2. The van der Waals surface area contributed by atoms with Gasteiger partial charge < -0.3 is 15.2 Å². The summed E-state index contributed by atoms with van der Waals surface area (Å²) in [6, 6.07) is 25.5. The first-order valence-electron chi connectivity index (χ1n) is 11.7. The van der Waals surface area contributed by atoms with Crippen molar-refractivity contribution in [1.82, 2.24) is 14.9 Å². The largest absolute Gasteiger partial charge is 0.319 e. The SMILES string of the molecule is C[C@H](CN[C@H](C(=O)Nc1ccc(-c2ccn(C)c(=O)c2)cn1)c1ccccc1)c1ccc(C#N)cc1. The van der Waals surface area contributed by atoms with E-state index in [1.165, 1.54) is 4.57 Å². The van der Waals surface area contributed by atoms with Crippen molar-refractivity contribution in [3.63, 3.8) is 0 Å². The second kappa shape index (κ2) is 11.3. The topological polar surface area (TPSA) is 99.8 Å². The molecule has 2 atom stereocenters. The lowest BCUT2D eigenvalue weighted by atomic mass is 9.98. The molecule has 36 heavy (non-hydrogen) atoms. The van der Waals surface area contributed by atoms with E-state index < -0.39 is 6.04 Å². The summed E-state index contributed by atoms with van der Waals surface area (Å²) in [6.45, 7) is 2.64. The van der Waals surface area contributed by atoms with Gasteiger partial charge in [-0.25, -0.2) is 4.98 Å². The maximum Gasteiger partial charge on any atom is 0.250 e. The van der Waals surface area contributed by atoms with E-state index in [0.717, 1.165) is 22.3 Å². The molecule has 0 aliphatic heterocycles. The summed E-state index contributed by atoms with van der Waals surface area (Å²) < 4.78 is 1.50. The van der Waals surface area contributed by atoms with Crippen LogP contribution in [0.15, 0.2) is 96.1 Å². The highest BCUT2D eigenvalue weighted by atomic mass is 16.2. The molecule has 0 saturated heterocycles. The lowest BCUT2D eigenvalue weighted by Crippen LogP contribution is -2.35. The van der Waals surface area contributed by atoms with Gasteiger partial charge >= 0.3 is 0 Å². The lowest BCUT2D eigenvalue weighted by Gasteiger charge is -2.21. The Morgan fingerprint density at radius 1 is 1.00 bits per heavy atom. The van der Waals surface area contributed by atoms with Crippen LogP contribution in [0.5, 0.6) is 0 Å². The first kappa shape index (κ1) is 24.6. The second-order valence-corrected chi connectivity index (χ2v) is 8.67. The Bertz CT molecular complexity index is 1420. The number of rotatable bonds is 8. The molecule has 7 nitrogen and oxygen atoms in total. The number of nitrogens with one attached hydrogen (secondary N) is 2. The Labute approximate surface area is 210 Å². The van der Waals surface area contributed by atoms with E-state index in [1.807, 2.05) is 54.6 Å². The minimum Gasteiger partial charge on any atom is -0.319 e. The van der Waals surface area contributed by atoms with Crippen LogP contribution in [0.3, 0.4) is 0 Å². The monoisotopic (exact) mass is 477 g/mol. The predicted molar refractivity (Wildman–Crippen MR) is 140 cm³/mol. The standard InChI is InChI=1S/C29H27N5O2/c1-20(22-10-8-21(17-30)9-11-22)18-32-28(23-6-4-3-5-7-23)29(36)33-26-13-12-25(19-31-26)24-14-15-34(2)27(35)16-24/h3-16,19-20,28,32H,18H2,1-2H3,(H,31,33,36)/t20-,28+/m1/s1. The molecule has 2 heterocycles. The van der Waals surface area contributed by atoms with Gasteiger partial charge in [0.15, 0.2) is 0 Å². The molecule has 0 radical (unpaired) electrons. The lowest BCUT2D eigenvalue weighted by molar-refractivity contribution is -0.118. The van der Waals surface area contributed by atoms with Gasteiger partial charge in [-0.1, -0.05) is 49.4 Å². The number of anilines is 1. The molecule has 2 aromatic carbocycles. The van der Waals surface area contributed by atoms with Crippen molar-refractivity contribution >= 4 is 11.7 Å². The van der Waals surface area contributed by atoms with Crippen LogP contribution < -0.4 is 16.2 Å². The van der Waals surface area contributed by atoms with Gasteiger partial charge in [-0.15, -0.1) is 0 Å². The average Bonchev–Trinajstić information content (AvgIpc) is 2.91. The van der Waals surface area contributed by atoms with E-state index >= 15 is 0 Å². The van der Waals surface area contributed by atoms with E-state index in [-0.39, 0.29) is 17.4 Å². The number of carbonyl (C=O) groups is 1. The van der Waals surface area contributed by atoms with Crippen LogP contribution in [-0.2, 0) is 11.8 Å². The molecule has 180 valence electrons. The minimum absolute atomic E-state index is 0.100. The van der Waals surface area contributed by atoms with E-state index in [0.29, 0.717) is 17.9 Å². The van der Waals surface area contributed by atoms with Gasteiger partial charge in [-0.2, -0.15) is 5.26 Å². The molecule has 0 aliphatic carbocycles. The van der Waals surface area contributed by atoms with Crippen LogP contribution in [0.2, 0.25) is 0 Å². The van der Waals surface area contributed by atoms with Gasteiger partial charge in [-0.3, -0.25) is 9.59 Å². The highest BCUT2D eigenvalue weighted by molar-refractivity contribution is 5.95. The summed E-state index contributed by atoms with van der Waals surface area (Å²) in [5, 5.41) is 15.3. The molecule has 4 aromatic rings. The Balaban J connectivity index is 1.47. The Morgan fingerprint density at radius 3 is 2.39 bits per heavy atom. The summed E-state index contributed by atoms with van der Waals surface area (Å²) in [4.78, 5) is 29.6. The molecule has 4 rings (SSSR count). The molecule has 0 aliphatic rings. The molecule has 0 saturated carbocycles. The number of nitrogens with zero attached hydrogens (tertiary/aromatic N) is 3. The Hall–Kier alpha value is -4.54. The number of nitriles is 1. The van der Waals surface area contributed by atoms with E-state index in [4.69, 9.17) is 5.26 Å². The van der Waals surface area contributed by atoms with Crippen molar-refractivity contribution in [2.45, 2.75) is 18.9 Å². The molecule has 1 amide bonds. The first-order chi connectivity index (χ1) is 17.4. The molecule has 2 N–H and O–H groups in total. The van der Waals surface area contributed by atoms with Crippen LogP contribution in [0.4, 0.5) is 5.82 Å². The van der Waals surface area contributed by atoms with Crippen LogP contribution in [0, 0.1) is 11.3 Å². The van der Waals surface area contributed by atoms with Gasteiger partial charge in [0.05, 0.1) is 11.6 Å².